The Kier molecular flexibility index (Phi) is 9.33. The third-order valence-electron chi connectivity index (χ3n) is 4.14. The maximum atomic E-state index is 3.94. The number of benzene rings is 1. The van der Waals surface area contributed by atoms with Gasteiger partial charge in [-0.2, -0.15) is 0 Å². The van der Waals surface area contributed by atoms with Crippen molar-refractivity contribution < 1.29 is 0 Å². The molecule has 2 nitrogen and oxygen atoms in total. The fourth-order valence-corrected chi connectivity index (χ4v) is 2.85. The standard InChI is InChI=1S/C18H28N2.2ClH/c1-5-6-17(20-13-11-19-12-14-20)15-7-9-16(10-8-15)18(2,3)4;;/h5,7-10,17,19H,1,6,11-14H2,2-4H3;2*1H/t17-;;/m1../s1. The van der Waals surface area contributed by atoms with Crippen molar-refractivity contribution in [3.05, 3.63) is 48.0 Å². The lowest BCUT2D eigenvalue weighted by Crippen LogP contribution is -2.45. The van der Waals surface area contributed by atoms with Crippen molar-refractivity contribution in [3.63, 3.8) is 0 Å². The molecular formula is C18H30Cl2N2. The molecule has 1 aromatic rings. The largest absolute Gasteiger partial charge is 0.314 e. The van der Waals surface area contributed by atoms with Gasteiger partial charge in [-0.15, -0.1) is 31.4 Å². The van der Waals surface area contributed by atoms with Gasteiger partial charge in [0.15, 0.2) is 0 Å². The Bertz CT molecular complexity index is 431. The Morgan fingerprint density at radius 2 is 1.68 bits per heavy atom. The third-order valence-corrected chi connectivity index (χ3v) is 4.14. The molecule has 0 radical (unpaired) electrons. The molecule has 126 valence electrons. The number of hydrogen-bond acceptors (Lipinski definition) is 2. The SMILES string of the molecule is C=CC[C@H](c1ccc(C(C)(C)C)cc1)N1CCNCC1.Cl.Cl. The molecule has 0 spiro atoms. The van der Waals surface area contributed by atoms with Crippen LogP contribution in [0, 0.1) is 0 Å². The van der Waals surface area contributed by atoms with Crippen molar-refractivity contribution in [3.8, 4) is 0 Å². The first-order valence-corrected chi connectivity index (χ1v) is 7.68. The summed E-state index contributed by atoms with van der Waals surface area (Å²) in [7, 11) is 0. The molecule has 22 heavy (non-hydrogen) atoms. The summed E-state index contributed by atoms with van der Waals surface area (Å²) in [5.74, 6) is 0. The van der Waals surface area contributed by atoms with Gasteiger partial charge in [0.25, 0.3) is 0 Å². The van der Waals surface area contributed by atoms with Crippen LogP contribution in [-0.2, 0) is 5.41 Å². The van der Waals surface area contributed by atoms with E-state index >= 15 is 0 Å². The highest BCUT2D eigenvalue weighted by Crippen LogP contribution is 2.28. The van der Waals surface area contributed by atoms with E-state index in [-0.39, 0.29) is 30.2 Å². The number of hydrogen-bond donors (Lipinski definition) is 1. The van der Waals surface area contributed by atoms with Crippen molar-refractivity contribution >= 4 is 24.8 Å². The van der Waals surface area contributed by atoms with E-state index in [1.165, 1.54) is 11.1 Å². The highest BCUT2D eigenvalue weighted by molar-refractivity contribution is 5.85. The van der Waals surface area contributed by atoms with E-state index in [1.807, 2.05) is 6.08 Å². The number of rotatable bonds is 4. The number of nitrogens with zero attached hydrogens (tertiary/aromatic N) is 1. The lowest BCUT2D eigenvalue weighted by molar-refractivity contribution is 0.174. The first-order chi connectivity index (χ1) is 9.52. The minimum atomic E-state index is 0. The van der Waals surface area contributed by atoms with Gasteiger partial charge in [0.2, 0.25) is 0 Å². The lowest BCUT2D eigenvalue weighted by atomic mass is 9.86. The van der Waals surface area contributed by atoms with Crippen molar-refractivity contribution in [2.24, 2.45) is 0 Å². The predicted molar refractivity (Wildman–Crippen MR) is 102 cm³/mol. The molecular weight excluding hydrogens is 315 g/mol. The molecule has 0 bridgehead atoms. The van der Waals surface area contributed by atoms with Crippen LogP contribution in [0.5, 0.6) is 0 Å². The van der Waals surface area contributed by atoms with Crippen molar-refractivity contribution in [1.82, 2.24) is 10.2 Å². The second-order valence-electron chi connectivity index (χ2n) is 6.70. The van der Waals surface area contributed by atoms with Gasteiger partial charge in [-0.25, -0.2) is 0 Å². The predicted octanol–water partition coefficient (Wildman–Crippen LogP) is 4.35. The number of halogens is 2. The molecule has 0 unspecified atom stereocenters. The van der Waals surface area contributed by atoms with E-state index in [0.717, 1.165) is 32.6 Å². The average Bonchev–Trinajstić information content (AvgIpc) is 2.45. The van der Waals surface area contributed by atoms with Gasteiger partial charge in [0.1, 0.15) is 0 Å². The number of piperazine rings is 1. The zero-order valence-corrected chi connectivity index (χ0v) is 15.6. The van der Waals surface area contributed by atoms with Crippen molar-refractivity contribution in [1.29, 1.82) is 0 Å². The molecule has 0 saturated carbocycles. The highest BCUT2D eigenvalue weighted by atomic mass is 35.5. The summed E-state index contributed by atoms with van der Waals surface area (Å²) in [5, 5.41) is 3.42. The fraction of sp³-hybridized carbons (Fsp3) is 0.556. The second kappa shape index (κ2) is 9.57. The van der Waals surface area contributed by atoms with Crippen LogP contribution in [0.4, 0.5) is 0 Å². The second-order valence-corrected chi connectivity index (χ2v) is 6.70. The van der Waals surface area contributed by atoms with E-state index < -0.39 is 0 Å². The summed E-state index contributed by atoms with van der Waals surface area (Å²) in [4.78, 5) is 2.57. The Hall–Kier alpha value is -0.540. The molecule has 2 rings (SSSR count). The Balaban J connectivity index is 0.00000220. The molecule has 0 aliphatic carbocycles. The summed E-state index contributed by atoms with van der Waals surface area (Å²) in [6, 6.07) is 9.65. The highest BCUT2D eigenvalue weighted by Gasteiger charge is 2.21. The van der Waals surface area contributed by atoms with Gasteiger partial charge < -0.3 is 5.32 Å². The maximum absolute atomic E-state index is 3.94. The molecule has 1 aromatic carbocycles. The normalized spacial score (nSPS) is 17.0. The van der Waals surface area contributed by atoms with E-state index in [9.17, 15) is 0 Å². The monoisotopic (exact) mass is 344 g/mol. The summed E-state index contributed by atoms with van der Waals surface area (Å²) < 4.78 is 0. The van der Waals surface area contributed by atoms with E-state index in [2.05, 4.69) is 61.8 Å². The zero-order valence-electron chi connectivity index (χ0n) is 14.0. The van der Waals surface area contributed by atoms with Gasteiger partial charge in [-0.3, -0.25) is 4.90 Å². The quantitative estimate of drug-likeness (QED) is 0.816. The first kappa shape index (κ1) is 21.5. The van der Waals surface area contributed by atoms with Crippen LogP contribution in [0.3, 0.4) is 0 Å². The Morgan fingerprint density at radius 3 is 2.14 bits per heavy atom. The fourth-order valence-electron chi connectivity index (χ4n) is 2.85. The van der Waals surface area contributed by atoms with E-state index in [1.54, 1.807) is 0 Å². The minimum absolute atomic E-state index is 0. The lowest BCUT2D eigenvalue weighted by Gasteiger charge is -2.35. The minimum Gasteiger partial charge on any atom is -0.314 e. The molecule has 0 aromatic heterocycles. The smallest absolute Gasteiger partial charge is 0.0383 e. The molecule has 1 fully saturated rings. The van der Waals surface area contributed by atoms with Crippen LogP contribution >= 0.6 is 24.8 Å². The summed E-state index contributed by atoms with van der Waals surface area (Å²) in [6.45, 7) is 15.2. The molecule has 1 saturated heterocycles. The van der Waals surface area contributed by atoms with Crippen LogP contribution in [-0.4, -0.2) is 31.1 Å². The topological polar surface area (TPSA) is 15.3 Å². The Morgan fingerprint density at radius 1 is 1.14 bits per heavy atom. The van der Waals surface area contributed by atoms with Gasteiger partial charge in [0.05, 0.1) is 0 Å². The molecule has 1 N–H and O–H groups in total. The molecule has 1 heterocycles. The van der Waals surface area contributed by atoms with Gasteiger partial charge in [-0.05, 0) is 23.0 Å². The van der Waals surface area contributed by atoms with Crippen LogP contribution in [0.15, 0.2) is 36.9 Å². The van der Waals surface area contributed by atoms with Crippen LogP contribution in [0.1, 0.15) is 44.4 Å². The molecule has 1 aliphatic heterocycles. The van der Waals surface area contributed by atoms with Gasteiger partial charge >= 0.3 is 0 Å². The van der Waals surface area contributed by atoms with Gasteiger partial charge in [0, 0.05) is 32.2 Å². The third kappa shape index (κ3) is 5.58. The Labute approximate surface area is 148 Å². The van der Waals surface area contributed by atoms with Crippen LogP contribution < -0.4 is 5.32 Å². The number of nitrogens with one attached hydrogen (secondary N) is 1. The van der Waals surface area contributed by atoms with Crippen LogP contribution in [0.2, 0.25) is 0 Å². The summed E-state index contributed by atoms with van der Waals surface area (Å²) >= 11 is 0. The van der Waals surface area contributed by atoms with E-state index in [0.29, 0.717) is 6.04 Å². The molecule has 0 amide bonds. The molecule has 1 aliphatic rings. The first-order valence-electron chi connectivity index (χ1n) is 7.68. The van der Waals surface area contributed by atoms with Crippen molar-refractivity contribution in [2.45, 2.75) is 38.6 Å². The molecule has 4 heteroatoms. The average molecular weight is 345 g/mol. The zero-order chi connectivity index (χ0) is 14.6. The van der Waals surface area contributed by atoms with Crippen LogP contribution in [0.25, 0.3) is 0 Å². The maximum Gasteiger partial charge on any atom is 0.0383 e. The summed E-state index contributed by atoms with van der Waals surface area (Å²) in [5.41, 5.74) is 3.04. The van der Waals surface area contributed by atoms with Gasteiger partial charge in [-0.1, -0.05) is 51.1 Å². The molecule has 1 atom stereocenters. The van der Waals surface area contributed by atoms with E-state index in [4.69, 9.17) is 0 Å². The van der Waals surface area contributed by atoms with Crippen molar-refractivity contribution in [2.75, 3.05) is 26.2 Å². The summed E-state index contributed by atoms with van der Waals surface area (Å²) in [6.07, 6.45) is 3.07.